The maximum absolute atomic E-state index is 9.40. The molecule has 0 aromatic carbocycles. The zero-order valence-corrected chi connectivity index (χ0v) is 13.7. The minimum absolute atomic E-state index is 0.0852. The van der Waals surface area contributed by atoms with Crippen LogP contribution in [0.4, 0.5) is 0 Å². The van der Waals surface area contributed by atoms with Gasteiger partial charge in [0.1, 0.15) is 6.61 Å². The molecule has 2 aromatic rings. The van der Waals surface area contributed by atoms with E-state index in [1.54, 1.807) is 4.68 Å². The van der Waals surface area contributed by atoms with E-state index in [0.29, 0.717) is 17.3 Å². The Morgan fingerprint density at radius 2 is 2.19 bits per heavy atom. The molecule has 0 atom stereocenters. The summed E-state index contributed by atoms with van der Waals surface area (Å²) in [5.74, 6) is 0.633. The Bertz CT molecular complexity index is 642. The molecular weight excluding hydrogens is 286 g/mol. The molecule has 0 saturated heterocycles. The molecule has 2 aromatic heterocycles. The number of aromatic nitrogens is 4. The maximum atomic E-state index is 9.40. The van der Waals surface area contributed by atoms with E-state index in [0.717, 1.165) is 19.5 Å². The van der Waals surface area contributed by atoms with Crippen LogP contribution in [0.1, 0.15) is 24.9 Å². The van der Waals surface area contributed by atoms with Crippen LogP contribution in [0.25, 0.3) is 0 Å². The molecule has 21 heavy (non-hydrogen) atoms. The van der Waals surface area contributed by atoms with Gasteiger partial charge in [-0.2, -0.15) is 5.10 Å². The third-order valence-electron chi connectivity index (χ3n) is 3.45. The second kappa shape index (κ2) is 7.02. The molecule has 0 aliphatic heterocycles. The van der Waals surface area contributed by atoms with E-state index in [-0.39, 0.29) is 6.61 Å². The van der Waals surface area contributed by atoms with E-state index < -0.39 is 0 Å². The van der Waals surface area contributed by atoms with Crippen molar-refractivity contribution in [3.05, 3.63) is 34.6 Å². The number of hydrogen-bond acceptors (Lipinski definition) is 4. The van der Waals surface area contributed by atoms with Crippen molar-refractivity contribution >= 4 is 12.2 Å². The molecule has 0 aliphatic rings. The van der Waals surface area contributed by atoms with Crippen LogP contribution < -0.4 is 0 Å². The summed E-state index contributed by atoms with van der Waals surface area (Å²) in [6.07, 6.45) is 3.00. The Labute approximate surface area is 130 Å². The van der Waals surface area contributed by atoms with E-state index in [1.165, 1.54) is 5.69 Å². The molecule has 0 unspecified atom stereocenters. The lowest BCUT2D eigenvalue weighted by Gasteiger charge is -2.16. The van der Waals surface area contributed by atoms with E-state index in [2.05, 4.69) is 27.6 Å². The zero-order valence-electron chi connectivity index (χ0n) is 12.9. The molecule has 0 amide bonds. The largest absolute Gasteiger partial charge is 0.388 e. The van der Waals surface area contributed by atoms with E-state index in [1.807, 2.05) is 30.9 Å². The summed E-state index contributed by atoms with van der Waals surface area (Å²) in [5, 5.41) is 13.8. The van der Waals surface area contributed by atoms with Crippen molar-refractivity contribution in [2.24, 2.45) is 7.05 Å². The number of aliphatic hydroxyl groups is 1. The van der Waals surface area contributed by atoms with Crippen molar-refractivity contribution in [3.63, 3.8) is 0 Å². The second-order valence-electron chi connectivity index (χ2n) is 5.27. The minimum atomic E-state index is -0.0852. The van der Waals surface area contributed by atoms with Crippen molar-refractivity contribution in [3.8, 4) is 0 Å². The average molecular weight is 309 g/mol. The van der Waals surface area contributed by atoms with Gasteiger partial charge in [-0.15, -0.1) is 0 Å². The van der Waals surface area contributed by atoms with Crippen molar-refractivity contribution in [2.75, 3.05) is 7.05 Å². The molecule has 2 rings (SSSR count). The van der Waals surface area contributed by atoms with E-state index in [4.69, 9.17) is 12.2 Å². The van der Waals surface area contributed by atoms with Gasteiger partial charge in [-0.25, -0.2) is 4.68 Å². The fourth-order valence-electron chi connectivity index (χ4n) is 2.36. The Kier molecular flexibility index (Phi) is 5.33. The highest BCUT2D eigenvalue weighted by atomic mass is 32.1. The van der Waals surface area contributed by atoms with Gasteiger partial charge in [0.15, 0.2) is 10.6 Å². The van der Waals surface area contributed by atoms with Crippen LogP contribution in [0.5, 0.6) is 0 Å². The first-order chi connectivity index (χ1) is 10.1. The molecule has 0 saturated carbocycles. The van der Waals surface area contributed by atoms with Gasteiger partial charge in [0, 0.05) is 32.0 Å². The van der Waals surface area contributed by atoms with Crippen LogP contribution in [-0.2, 0) is 33.4 Å². The van der Waals surface area contributed by atoms with Crippen molar-refractivity contribution < 1.29 is 5.11 Å². The first-order valence-corrected chi connectivity index (χ1v) is 7.53. The summed E-state index contributed by atoms with van der Waals surface area (Å²) >= 11 is 5.46. The lowest BCUT2D eigenvalue weighted by molar-refractivity contribution is 0.234. The molecule has 116 valence electrons. The lowest BCUT2D eigenvalue weighted by Crippen LogP contribution is -2.23. The Morgan fingerprint density at radius 3 is 2.76 bits per heavy atom. The van der Waals surface area contributed by atoms with Crippen molar-refractivity contribution in [2.45, 2.75) is 39.7 Å². The van der Waals surface area contributed by atoms with Crippen LogP contribution >= 0.6 is 12.2 Å². The predicted octanol–water partition coefficient (Wildman–Crippen LogP) is 1.74. The summed E-state index contributed by atoms with van der Waals surface area (Å²) < 4.78 is 6.45. The second-order valence-corrected chi connectivity index (χ2v) is 5.64. The van der Waals surface area contributed by atoms with E-state index >= 15 is 0 Å². The van der Waals surface area contributed by atoms with Crippen LogP contribution in [0.2, 0.25) is 0 Å². The number of hydrogen-bond donors (Lipinski definition) is 1. The highest BCUT2D eigenvalue weighted by Crippen LogP contribution is 2.07. The summed E-state index contributed by atoms with van der Waals surface area (Å²) in [7, 11) is 4.07. The number of aliphatic hydroxyl groups excluding tert-OH is 1. The highest BCUT2D eigenvalue weighted by Gasteiger charge is 2.11. The molecule has 6 nitrogen and oxygen atoms in total. The molecule has 0 radical (unpaired) electrons. The van der Waals surface area contributed by atoms with Gasteiger partial charge in [-0.3, -0.25) is 4.90 Å². The van der Waals surface area contributed by atoms with E-state index in [9.17, 15) is 5.11 Å². The summed E-state index contributed by atoms with van der Waals surface area (Å²) in [5.41, 5.74) is 1.24. The molecule has 2 heterocycles. The summed E-state index contributed by atoms with van der Waals surface area (Å²) in [6, 6.07) is 4.14. The number of aryl methyl sites for hydroxylation is 1. The molecule has 0 aliphatic carbocycles. The highest BCUT2D eigenvalue weighted by molar-refractivity contribution is 7.71. The Balaban J connectivity index is 2.12. The molecular formula is C14H23N5OS. The molecule has 0 bridgehead atoms. The standard InChI is InChI=1S/C14H23N5OS/c1-4-7-18-13(10-20)15-19(14(18)21)11-16(2)9-12-6-5-8-17(12)3/h5-6,8,20H,4,7,9-11H2,1-3H3. The monoisotopic (exact) mass is 309 g/mol. The first kappa shape index (κ1) is 15.9. The van der Waals surface area contributed by atoms with Gasteiger partial charge in [-0.05, 0) is 37.8 Å². The van der Waals surface area contributed by atoms with Crippen LogP contribution in [0, 0.1) is 4.77 Å². The van der Waals surface area contributed by atoms with Crippen molar-refractivity contribution in [1.82, 2.24) is 23.8 Å². The van der Waals surface area contributed by atoms with Gasteiger partial charge in [0.05, 0.1) is 6.67 Å². The maximum Gasteiger partial charge on any atom is 0.199 e. The smallest absolute Gasteiger partial charge is 0.199 e. The first-order valence-electron chi connectivity index (χ1n) is 7.13. The van der Waals surface area contributed by atoms with Crippen LogP contribution in [-0.4, -0.2) is 36.0 Å². The minimum Gasteiger partial charge on any atom is -0.388 e. The zero-order chi connectivity index (χ0) is 15.4. The van der Waals surface area contributed by atoms with Crippen LogP contribution in [0.3, 0.4) is 0 Å². The third kappa shape index (κ3) is 3.61. The van der Waals surface area contributed by atoms with Gasteiger partial charge >= 0.3 is 0 Å². The average Bonchev–Trinajstić information content (AvgIpc) is 2.97. The number of rotatable bonds is 7. The molecule has 1 N–H and O–H groups in total. The SMILES string of the molecule is CCCn1c(CO)nn(CN(C)Cc2cccn2C)c1=S. The predicted molar refractivity (Wildman–Crippen MR) is 84.1 cm³/mol. The van der Waals surface area contributed by atoms with Gasteiger partial charge < -0.3 is 14.2 Å². The van der Waals surface area contributed by atoms with Gasteiger partial charge in [-0.1, -0.05) is 6.92 Å². The van der Waals surface area contributed by atoms with Crippen molar-refractivity contribution in [1.29, 1.82) is 0 Å². The fraction of sp³-hybridized carbons (Fsp3) is 0.571. The third-order valence-corrected chi connectivity index (χ3v) is 3.88. The summed E-state index contributed by atoms with van der Waals surface area (Å²) in [6.45, 7) is 4.21. The summed E-state index contributed by atoms with van der Waals surface area (Å²) in [4.78, 5) is 2.15. The molecule has 0 fully saturated rings. The molecule has 7 heteroatoms. The normalized spacial score (nSPS) is 11.5. The Hall–Kier alpha value is -1.44. The lowest BCUT2D eigenvalue weighted by atomic mass is 10.4. The topological polar surface area (TPSA) is 51.1 Å². The number of nitrogens with zero attached hydrogens (tertiary/aromatic N) is 5. The van der Waals surface area contributed by atoms with Gasteiger partial charge in [0.25, 0.3) is 0 Å². The Morgan fingerprint density at radius 1 is 1.43 bits per heavy atom. The fourth-order valence-corrected chi connectivity index (χ4v) is 2.65. The van der Waals surface area contributed by atoms with Crippen LogP contribution in [0.15, 0.2) is 18.3 Å². The molecule has 0 spiro atoms. The quantitative estimate of drug-likeness (QED) is 0.792. The van der Waals surface area contributed by atoms with Gasteiger partial charge in [0.2, 0.25) is 0 Å².